The van der Waals surface area contributed by atoms with Crippen LogP contribution in [0.15, 0.2) is 28.7 Å². The second-order valence-electron chi connectivity index (χ2n) is 3.27. The van der Waals surface area contributed by atoms with Gasteiger partial charge >= 0.3 is 10.2 Å². The Bertz CT molecular complexity index is 463. The van der Waals surface area contributed by atoms with E-state index in [0.29, 0.717) is 11.3 Å². The number of benzene rings is 1. The van der Waals surface area contributed by atoms with Crippen LogP contribution in [0.25, 0.3) is 0 Å². The third kappa shape index (κ3) is 3.32. The van der Waals surface area contributed by atoms with Gasteiger partial charge in [-0.2, -0.15) is 17.1 Å². The van der Waals surface area contributed by atoms with Crippen molar-refractivity contribution in [2.45, 2.75) is 0 Å². The van der Waals surface area contributed by atoms with Gasteiger partial charge in [-0.15, -0.1) is 0 Å². The molecule has 0 N–H and O–H groups in total. The zero-order chi connectivity index (χ0) is 12.2. The van der Waals surface area contributed by atoms with Crippen LogP contribution in [-0.4, -0.2) is 40.1 Å². The van der Waals surface area contributed by atoms with Crippen LogP contribution in [0.5, 0.6) is 5.75 Å². The predicted octanol–water partition coefficient (Wildman–Crippen LogP) is 0.921. The van der Waals surface area contributed by atoms with Crippen molar-refractivity contribution in [2.24, 2.45) is 4.40 Å². The number of ether oxygens (including phenoxy) is 1. The van der Waals surface area contributed by atoms with Crippen LogP contribution in [0.4, 0.5) is 0 Å². The molecule has 0 unspecified atom stereocenters. The van der Waals surface area contributed by atoms with Crippen molar-refractivity contribution >= 4 is 16.4 Å². The highest BCUT2D eigenvalue weighted by molar-refractivity contribution is 7.87. The Balaban J connectivity index is 2.85. The molecule has 0 bridgehead atoms. The molecule has 16 heavy (non-hydrogen) atoms. The van der Waals surface area contributed by atoms with Gasteiger partial charge in [0.2, 0.25) is 0 Å². The van der Waals surface area contributed by atoms with Gasteiger partial charge in [0.15, 0.2) is 0 Å². The van der Waals surface area contributed by atoms with Gasteiger partial charge in [0.1, 0.15) is 5.75 Å². The molecule has 0 spiro atoms. The van der Waals surface area contributed by atoms with E-state index < -0.39 is 10.2 Å². The summed E-state index contributed by atoms with van der Waals surface area (Å²) < 4.78 is 32.2. The minimum absolute atomic E-state index is 0.700. The summed E-state index contributed by atoms with van der Waals surface area (Å²) in [5.74, 6) is 0.715. The lowest BCUT2D eigenvalue weighted by molar-refractivity contribution is 0.415. The van der Waals surface area contributed by atoms with Gasteiger partial charge in [-0.3, -0.25) is 0 Å². The van der Waals surface area contributed by atoms with Crippen molar-refractivity contribution in [1.82, 2.24) is 4.31 Å². The molecule has 5 nitrogen and oxygen atoms in total. The average Bonchev–Trinajstić information content (AvgIpc) is 2.27. The molecule has 0 saturated heterocycles. The Morgan fingerprint density at radius 1 is 1.25 bits per heavy atom. The van der Waals surface area contributed by atoms with E-state index in [2.05, 4.69) is 4.40 Å². The number of hydrogen-bond acceptors (Lipinski definition) is 3. The van der Waals surface area contributed by atoms with E-state index in [-0.39, 0.29) is 0 Å². The Kier molecular flexibility index (Phi) is 4.03. The largest absolute Gasteiger partial charge is 0.497 e. The number of methoxy groups -OCH3 is 1. The third-order valence-electron chi connectivity index (χ3n) is 1.91. The first-order valence-corrected chi connectivity index (χ1v) is 5.97. The first-order chi connectivity index (χ1) is 7.45. The van der Waals surface area contributed by atoms with Crippen molar-refractivity contribution in [1.29, 1.82) is 0 Å². The predicted molar refractivity (Wildman–Crippen MR) is 63.2 cm³/mol. The Labute approximate surface area is 95.6 Å². The van der Waals surface area contributed by atoms with Crippen LogP contribution in [0.2, 0.25) is 0 Å². The van der Waals surface area contributed by atoms with E-state index in [9.17, 15) is 8.42 Å². The minimum Gasteiger partial charge on any atom is -0.497 e. The van der Waals surface area contributed by atoms with Crippen molar-refractivity contribution < 1.29 is 13.2 Å². The van der Waals surface area contributed by atoms with E-state index in [1.807, 2.05) is 0 Å². The van der Waals surface area contributed by atoms with Crippen molar-refractivity contribution in [2.75, 3.05) is 21.2 Å². The minimum atomic E-state index is -3.54. The molecule has 0 radical (unpaired) electrons. The standard InChI is InChI=1S/C10H14N2O3S/c1-12(2)16(13,14)11-8-9-4-6-10(15-3)7-5-9/h4-8H,1-3H3/b11-8+. The van der Waals surface area contributed by atoms with Gasteiger partial charge in [0.05, 0.1) is 7.11 Å². The first kappa shape index (κ1) is 12.7. The fraction of sp³-hybridized carbons (Fsp3) is 0.300. The molecule has 0 saturated carbocycles. The van der Waals surface area contributed by atoms with Gasteiger partial charge < -0.3 is 4.74 Å². The fourth-order valence-electron chi connectivity index (χ4n) is 0.912. The van der Waals surface area contributed by atoms with Crippen LogP contribution < -0.4 is 4.74 Å². The van der Waals surface area contributed by atoms with Crippen LogP contribution in [0.3, 0.4) is 0 Å². The summed E-state index contributed by atoms with van der Waals surface area (Å²) >= 11 is 0. The molecule has 6 heteroatoms. The Morgan fingerprint density at radius 3 is 2.25 bits per heavy atom. The van der Waals surface area contributed by atoms with E-state index in [0.717, 1.165) is 4.31 Å². The molecule has 0 aliphatic carbocycles. The topological polar surface area (TPSA) is 59.0 Å². The highest BCUT2D eigenvalue weighted by Gasteiger charge is 2.08. The lowest BCUT2D eigenvalue weighted by Crippen LogP contribution is -2.19. The Hall–Kier alpha value is -1.40. The highest BCUT2D eigenvalue weighted by Crippen LogP contribution is 2.10. The monoisotopic (exact) mass is 242 g/mol. The van der Waals surface area contributed by atoms with E-state index in [1.54, 1.807) is 31.4 Å². The molecule has 1 rings (SSSR count). The Morgan fingerprint density at radius 2 is 1.81 bits per heavy atom. The van der Waals surface area contributed by atoms with E-state index in [1.165, 1.54) is 20.3 Å². The molecule has 0 heterocycles. The van der Waals surface area contributed by atoms with Crippen molar-refractivity contribution in [3.63, 3.8) is 0 Å². The second kappa shape index (κ2) is 5.09. The second-order valence-corrected chi connectivity index (χ2v) is 5.10. The number of nitrogens with zero attached hydrogens (tertiary/aromatic N) is 2. The number of hydrogen-bond donors (Lipinski definition) is 0. The van der Waals surface area contributed by atoms with Crippen molar-refractivity contribution in [3.8, 4) is 5.75 Å². The maximum atomic E-state index is 11.3. The lowest BCUT2D eigenvalue weighted by atomic mass is 10.2. The van der Waals surface area contributed by atoms with Gasteiger partial charge in [0, 0.05) is 20.3 Å². The average molecular weight is 242 g/mol. The van der Waals surface area contributed by atoms with Crippen LogP contribution >= 0.6 is 0 Å². The van der Waals surface area contributed by atoms with Crippen LogP contribution in [0, 0.1) is 0 Å². The van der Waals surface area contributed by atoms with Crippen molar-refractivity contribution in [3.05, 3.63) is 29.8 Å². The molecule has 0 fully saturated rings. The summed E-state index contributed by atoms with van der Waals surface area (Å²) in [6, 6.07) is 6.94. The zero-order valence-electron chi connectivity index (χ0n) is 9.41. The smallest absolute Gasteiger partial charge is 0.321 e. The molecule has 88 valence electrons. The summed E-state index contributed by atoms with van der Waals surface area (Å²) in [7, 11) is 0.891. The molecule has 0 aliphatic heterocycles. The van der Waals surface area contributed by atoms with Gasteiger partial charge in [-0.05, 0) is 29.8 Å². The summed E-state index contributed by atoms with van der Waals surface area (Å²) in [5.41, 5.74) is 0.700. The molecule has 0 aromatic heterocycles. The van der Waals surface area contributed by atoms with E-state index >= 15 is 0 Å². The summed E-state index contributed by atoms with van der Waals surface area (Å²) in [4.78, 5) is 0. The van der Waals surface area contributed by atoms with E-state index in [4.69, 9.17) is 4.74 Å². The van der Waals surface area contributed by atoms with Gasteiger partial charge in [-0.25, -0.2) is 0 Å². The first-order valence-electron chi connectivity index (χ1n) is 4.57. The molecular weight excluding hydrogens is 228 g/mol. The fourth-order valence-corrected chi connectivity index (χ4v) is 1.36. The normalized spacial score (nSPS) is 12.2. The molecule has 0 aliphatic rings. The van der Waals surface area contributed by atoms with Crippen LogP contribution in [-0.2, 0) is 10.2 Å². The summed E-state index contributed by atoms with van der Waals surface area (Å²) in [6.45, 7) is 0. The molecule has 0 amide bonds. The van der Waals surface area contributed by atoms with Crippen LogP contribution in [0.1, 0.15) is 5.56 Å². The summed E-state index contributed by atoms with van der Waals surface area (Å²) in [5, 5.41) is 0. The molecule has 1 aromatic rings. The molecular formula is C10H14N2O3S. The van der Waals surface area contributed by atoms with Gasteiger partial charge in [-0.1, -0.05) is 0 Å². The highest BCUT2D eigenvalue weighted by atomic mass is 32.2. The summed E-state index contributed by atoms with van der Waals surface area (Å²) in [6.07, 6.45) is 1.30. The third-order valence-corrected chi connectivity index (χ3v) is 3.21. The maximum Gasteiger partial charge on any atom is 0.321 e. The number of rotatable bonds is 4. The molecule has 1 aromatic carbocycles. The quantitative estimate of drug-likeness (QED) is 0.738. The SMILES string of the molecule is COc1ccc(/C=N/S(=O)(=O)N(C)C)cc1. The molecule has 0 atom stereocenters. The maximum absolute atomic E-state index is 11.3. The lowest BCUT2D eigenvalue weighted by Gasteiger charge is -2.05. The zero-order valence-corrected chi connectivity index (χ0v) is 10.2. The van der Waals surface area contributed by atoms with Gasteiger partial charge in [0.25, 0.3) is 0 Å².